The molecule has 0 aliphatic carbocycles. The van der Waals surface area contributed by atoms with E-state index in [4.69, 9.17) is 4.42 Å². The highest BCUT2D eigenvalue weighted by Crippen LogP contribution is 2.44. The Morgan fingerprint density at radius 1 is 0.327 bits per heavy atom. The minimum absolute atomic E-state index is 0.872. The predicted octanol–water partition coefficient (Wildman–Crippen LogP) is 14.4. The molecule has 0 aliphatic rings. The van der Waals surface area contributed by atoms with Gasteiger partial charge in [0.05, 0.1) is 11.1 Å². The maximum absolute atomic E-state index is 6.37. The van der Waals surface area contributed by atoms with Crippen molar-refractivity contribution in [3.05, 3.63) is 200 Å². The van der Waals surface area contributed by atoms with Crippen LogP contribution in [0.1, 0.15) is 0 Å². The fraction of sp³-hybridized carbons (Fsp3) is 0. The molecule has 0 radical (unpaired) electrons. The molecule has 0 atom stereocenters. The molecule has 0 spiro atoms. The van der Waals surface area contributed by atoms with Gasteiger partial charge in [-0.05, 0) is 97.4 Å². The molecule has 0 aliphatic heterocycles. The Morgan fingerprint density at radius 2 is 0.846 bits per heavy atom. The van der Waals surface area contributed by atoms with Crippen molar-refractivity contribution in [3.8, 4) is 33.4 Å². The van der Waals surface area contributed by atoms with Crippen LogP contribution in [0.2, 0.25) is 0 Å². The van der Waals surface area contributed by atoms with Crippen LogP contribution in [0.25, 0.3) is 76.9 Å². The van der Waals surface area contributed by atoms with Crippen LogP contribution in [0.15, 0.2) is 205 Å². The first-order valence-corrected chi connectivity index (χ1v) is 17.8. The lowest BCUT2D eigenvalue weighted by Crippen LogP contribution is -2.10. The summed E-state index contributed by atoms with van der Waals surface area (Å²) in [5, 5.41) is 7.20. The SMILES string of the molecule is c1cc(-c2cccc3ccccc23)cc(N(c2ccc(-c3ccc(-c4cccc5ccccc45)cc3)cc2)c2cccc3oc4ccccc4c23)c1. The van der Waals surface area contributed by atoms with Gasteiger partial charge in [-0.15, -0.1) is 0 Å². The number of anilines is 3. The summed E-state index contributed by atoms with van der Waals surface area (Å²) >= 11 is 0. The Labute approximate surface area is 302 Å². The zero-order valence-electron chi connectivity index (χ0n) is 28.4. The summed E-state index contributed by atoms with van der Waals surface area (Å²) in [6.07, 6.45) is 0. The van der Waals surface area contributed by atoms with Crippen molar-refractivity contribution in [2.75, 3.05) is 4.90 Å². The predicted molar refractivity (Wildman–Crippen MR) is 220 cm³/mol. The molecule has 52 heavy (non-hydrogen) atoms. The van der Waals surface area contributed by atoms with E-state index in [9.17, 15) is 0 Å². The molecular formula is C50H33NO. The van der Waals surface area contributed by atoms with Crippen molar-refractivity contribution < 1.29 is 4.42 Å². The van der Waals surface area contributed by atoms with Crippen LogP contribution in [0, 0.1) is 0 Å². The number of para-hydroxylation sites is 1. The first-order valence-electron chi connectivity index (χ1n) is 17.8. The first kappa shape index (κ1) is 30.0. The number of nitrogens with zero attached hydrogens (tertiary/aromatic N) is 1. The monoisotopic (exact) mass is 663 g/mol. The molecule has 0 saturated heterocycles. The van der Waals surface area contributed by atoms with Gasteiger partial charge in [-0.25, -0.2) is 0 Å². The van der Waals surface area contributed by atoms with E-state index in [0.717, 1.165) is 39.0 Å². The van der Waals surface area contributed by atoms with E-state index in [2.05, 4.69) is 193 Å². The van der Waals surface area contributed by atoms with Gasteiger partial charge in [0.25, 0.3) is 0 Å². The summed E-state index contributed by atoms with van der Waals surface area (Å²) in [6.45, 7) is 0. The van der Waals surface area contributed by atoms with Crippen LogP contribution in [0.3, 0.4) is 0 Å². The molecular weight excluding hydrogens is 631 g/mol. The fourth-order valence-electron chi connectivity index (χ4n) is 7.78. The number of hydrogen-bond donors (Lipinski definition) is 0. The van der Waals surface area contributed by atoms with E-state index < -0.39 is 0 Å². The molecule has 0 amide bonds. The van der Waals surface area contributed by atoms with Crippen LogP contribution in [-0.2, 0) is 0 Å². The molecule has 2 heteroatoms. The van der Waals surface area contributed by atoms with E-state index in [1.807, 2.05) is 12.1 Å². The van der Waals surface area contributed by atoms with E-state index in [0.29, 0.717) is 0 Å². The lowest BCUT2D eigenvalue weighted by molar-refractivity contribution is 0.669. The average Bonchev–Trinajstić information content (AvgIpc) is 3.61. The van der Waals surface area contributed by atoms with Gasteiger partial charge in [-0.2, -0.15) is 0 Å². The summed E-state index contributed by atoms with van der Waals surface area (Å²) in [6, 6.07) is 71.7. The smallest absolute Gasteiger partial charge is 0.137 e. The second-order valence-electron chi connectivity index (χ2n) is 13.3. The van der Waals surface area contributed by atoms with Crippen LogP contribution in [0.4, 0.5) is 17.1 Å². The zero-order chi connectivity index (χ0) is 34.4. The van der Waals surface area contributed by atoms with Crippen LogP contribution < -0.4 is 4.90 Å². The molecule has 0 fully saturated rings. The van der Waals surface area contributed by atoms with Gasteiger partial charge in [0.15, 0.2) is 0 Å². The van der Waals surface area contributed by atoms with E-state index in [-0.39, 0.29) is 0 Å². The summed E-state index contributed by atoms with van der Waals surface area (Å²) < 4.78 is 6.37. The van der Waals surface area contributed by atoms with Crippen molar-refractivity contribution in [1.82, 2.24) is 0 Å². The number of fused-ring (bicyclic) bond motifs is 5. The second-order valence-corrected chi connectivity index (χ2v) is 13.3. The minimum atomic E-state index is 0.872. The molecule has 0 saturated carbocycles. The molecule has 244 valence electrons. The Hall–Kier alpha value is -6.90. The first-order chi connectivity index (χ1) is 25.8. The molecule has 0 unspecified atom stereocenters. The van der Waals surface area contributed by atoms with Crippen molar-refractivity contribution in [3.63, 3.8) is 0 Å². The average molecular weight is 664 g/mol. The van der Waals surface area contributed by atoms with Crippen molar-refractivity contribution in [2.45, 2.75) is 0 Å². The van der Waals surface area contributed by atoms with Gasteiger partial charge in [-0.1, -0.05) is 158 Å². The Bertz CT molecular complexity index is 2890. The Morgan fingerprint density at radius 3 is 1.56 bits per heavy atom. The fourth-order valence-corrected chi connectivity index (χ4v) is 7.78. The number of furan rings is 1. The molecule has 0 N–H and O–H groups in total. The van der Waals surface area contributed by atoms with Gasteiger partial charge < -0.3 is 9.32 Å². The normalized spacial score (nSPS) is 11.5. The molecule has 1 aromatic heterocycles. The van der Waals surface area contributed by atoms with Crippen LogP contribution in [0.5, 0.6) is 0 Å². The van der Waals surface area contributed by atoms with Crippen LogP contribution >= 0.6 is 0 Å². The maximum atomic E-state index is 6.37. The minimum Gasteiger partial charge on any atom is -0.456 e. The van der Waals surface area contributed by atoms with Crippen molar-refractivity contribution >= 4 is 60.5 Å². The Kier molecular flexibility index (Phi) is 7.18. The largest absolute Gasteiger partial charge is 0.456 e. The summed E-state index contributed by atoms with van der Waals surface area (Å²) in [4.78, 5) is 2.37. The standard InChI is InChI=1S/C50H33NO/c1-3-17-42-36(11-1)13-8-20-44(42)38-27-25-34(26-28-38)35-29-31-40(32-30-35)51(47-22-10-24-49-50(47)46-19-5-6-23-48(46)52-49)41-16-7-15-39(33-41)45-21-9-14-37-12-2-4-18-43(37)45/h1-33H. The molecule has 2 nitrogen and oxygen atoms in total. The van der Waals surface area contributed by atoms with E-state index in [1.54, 1.807) is 0 Å². The lowest BCUT2D eigenvalue weighted by atomic mass is 9.96. The lowest BCUT2D eigenvalue weighted by Gasteiger charge is -2.27. The van der Waals surface area contributed by atoms with E-state index in [1.165, 1.54) is 54.9 Å². The highest BCUT2D eigenvalue weighted by atomic mass is 16.3. The third-order valence-corrected chi connectivity index (χ3v) is 10.3. The maximum Gasteiger partial charge on any atom is 0.137 e. The number of benzene rings is 9. The third kappa shape index (κ3) is 5.12. The summed E-state index contributed by atoms with van der Waals surface area (Å²) in [5.74, 6) is 0. The second kappa shape index (κ2) is 12.5. The number of rotatable bonds is 6. The third-order valence-electron chi connectivity index (χ3n) is 10.3. The molecule has 0 bridgehead atoms. The van der Waals surface area contributed by atoms with Crippen molar-refractivity contribution in [2.24, 2.45) is 0 Å². The van der Waals surface area contributed by atoms with Crippen molar-refractivity contribution in [1.29, 1.82) is 0 Å². The quantitative estimate of drug-likeness (QED) is 0.176. The molecule has 10 aromatic rings. The highest BCUT2D eigenvalue weighted by Gasteiger charge is 2.20. The van der Waals surface area contributed by atoms with E-state index >= 15 is 0 Å². The summed E-state index contributed by atoms with van der Waals surface area (Å²) in [7, 11) is 0. The molecule has 9 aromatic carbocycles. The van der Waals surface area contributed by atoms with Gasteiger partial charge in [-0.3, -0.25) is 0 Å². The van der Waals surface area contributed by atoms with Gasteiger partial charge in [0.2, 0.25) is 0 Å². The van der Waals surface area contributed by atoms with Gasteiger partial charge >= 0.3 is 0 Å². The molecule has 10 rings (SSSR count). The Balaban J connectivity index is 1.09. The zero-order valence-corrected chi connectivity index (χ0v) is 28.4. The van der Waals surface area contributed by atoms with Crippen LogP contribution in [-0.4, -0.2) is 0 Å². The van der Waals surface area contributed by atoms with Gasteiger partial charge in [0, 0.05) is 16.8 Å². The van der Waals surface area contributed by atoms with Gasteiger partial charge in [0.1, 0.15) is 11.2 Å². The highest BCUT2D eigenvalue weighted by molar-refractivity contribution is 6.13. The molecule has 1 heterocycles. The summed E-state index contributed by atoms with van der Waals surface area (Å²) in [5.41, 5.74) is 12.2. The number of hydrogen-bond acceptors (Lipinski definition) is 2. The topological polar surface area (TPSA) is 16.4 Å².